The predicted molar refractivity (Wildman–Crippen MR) is 330 cm³/mol. The highest BCUT2D eigenvalue weighted by Crippen LogP contribution is 2.27. The number of nitrogens with two attached hydrogens (primary N) is 5. The van der Waals surface area contributed by atoms with E-state index in [4.69, 9.17) is 28.7 Å². The molecule has 11 atom stereocenters. The van der Waals surface area contributed by atoms with Crippen molar-refractivity contribution >= 4 is 95.5 Å². The van der Waals surface area contributed by atoms with Crippen molar-refractivity contribution in [3.63, 3.8) is 0 Å². The van der Waals surface area contributed by atoms with Gasteiger partial charge < -0.3 is 92.0 Å². The van der Waals surface area contributed by atoms with Gasteiger partial charge in [-0.05, 0) is 101 Å². The van der Waals surface area contributed by atoms with E-state index in [-0.39, 0.29) is 68.9 Å². The number of carbonyl (C=O) groups is 14. The third-order valence-corrected chi connectivity index (χ3v) is 15.3. The molecule has 0 aromatic carbocycles. The average molecular weight is 1280 g/mol. The van der Waals surface area contributed by atoms with Crippen molar-refractivity contribution in [3.05, 3.63) is 0 Å². The summed E-state index contributed by atoms with van der Waals surface area (Å²) < 4.78 is 0. The van der Waals surface area contributed by atoms with Crippen LogP contribution in [0.4, 0.5) is 0 Å². The fourth-order valence-electron chi connectivity index (χ4n) is 9.68. The first-order valence-electron chi connectivity index (χ1n) is 30.7. The minimum absolute atomic E-state index is 0.0473. The van der Waals surface area contributed by atoms with Crippen LogP contribution in [0.2, 0.25) is 0 Å². The summed E-state index contributed by atoms with van der Waals surface area (Å²) in [5.74, 6) is -15.3. The standard InChI is InChI=1S/C57H101N15O16S/c1-7-32(6)47(61)57(88)67-35(18-12-14-22-59)50(81)66-36(19-20-45(75)76)52(83)70-40(26-43(60)73)55(86)69-39(24-31(4)5)54(85)65-34(17-11-13-21-58)51(82)71-41(27-46(77)78)56(87)72-42(29-89)49(80)63-28-44(74)64-38(23-30(2)3)53(84)68-37(48(62)79)25-33-15-9-8-10-16-33/h30-42,47,89H,7-29,58-59,61H2,1-6H3,(H2,60,73)(H2,62,79)(H,63,80)(H,64,74)(H,65,85)(H,66,81)(H,67,88)(H,68,84)(H,69,86)(H,70,83)(H,71,82)(H,72,87)(H,75,76)(H,77,78)/t32-,34-,35-,36-,37-,38-,39-,40-,41-,42-,47-/m0/s1. The van der Waals surface area contributed by atoms with Crippen LogP contribution in [-0.2, 0) is 67.1 Å². The van der Waals surface area contributed by atoms with Gasteiger partial charge in [0.15, 0.2) is 0 Å². The van der Waals surface area contributed by atoms with E-state index in [1.807, 2.05) is 20.8 Å². The zero-order chi connectivity index (χ0) is 67.5. The van der Waals surface area contributed by atoms with Crippen LogP contribution in [0, 0.1) is 23.7 Å². The number of amides is 12. The molecule has 0 aliphatic heterocycles. The Hall–Kier alpha value is -7.19. The molecule has 1 rings (SSSR count). The van der Waals surface area contributed by atoms with Crippen LogP contribution in [0.5, 0.6) is 0 Å². The Morgan fingerprint density at radius 2 is 0.888 bits per heavy atom. The first-order valence-corrected chi connectivity index (χ1v) is 31.3. The number of carbonyl (C=O) groups excluding carboxylic acids is 12. The van der Waals surface area contributed by atoms with E-state index in [0.29, 0.717) is 32.1 Å². The van der Waals surface area contributed by atoms with E-state index in [2.05, 4.69) is 65.8 Å². The lowest BCUT2D eigenvalue weighted by Crippen LogP contribution is -2.61. The van der Waals surface area contributed by atoms with Gasteiger partial charge >= 0.3 is 11.9 Å². The van der Waals surface area contributed by atoms with Gasteiger partial charge in [-0.3, -0.25) is 67.1 Å². The Balaban J connectivity index is 3.39. The summed E-state index contributed by atoms with van der Waals surface area (Å²) in [5.41, 5.74) is 28.6. The van der Waals surface area contributed by atoms with Crippen LogP contribution in [0.3, 0.4) is 0 Å². The second-order valence-corrected chi connectivity index (χ2v) is 24.0. The molecule has 0 spiro atoms. The molecule has 0 aromatic heterocycles. The number of unbranched alkanes of at least 4 members (excludes halogenated alkanes) is 2. The molecular weight excluding hydrogens is 1180 g/mol. The maximum Gasteiger partial charge on any atom is 0.305 e. The smallest absolute Gasteiger partial charge is 0.305 e. The van der Waals surface area contributed by atoms with Crippen LogP contribution < -0.4 is 81.8 Å². The number of hydrogen-bond acceptors (Lipinski definition) is 18. The number of primary amides is 2. The van der Waals surface area contributed by atoms with E-state index >= 15 is 0 Å². The summed E-state index contributed by atoms with van der Waals surface area (Å²) >= 11 is 4.15. The van der Waals surface area contributed by atoms with Crippen molar-refractivity contribution in [2.24, 2.45) is 52.3 Å². The molecule has 1 fully saturated rings. The molecule has 0 bridgehead atoms. The first kappa shape index (κ1) is 79.8. The second kappa shape index (κ2) is 42.7. The Morgan fingerprint density at radius 1 is 0.483 bits per heavy atom. The molecule has 0 heterocycles. The summed E-state index contributed by atoms with van der Waals surface area (Å²) in [4.78, 5) is 186. The minimum atomic E-state index is -1.90. The van der Waals surface area contributed by atoms with Gasteiger partial charge in [0.05, 0.1) is 25.4 Å². The highest BCUT2D eigenvalue weighted by atomic mass is 32.1. The predicted octanol–water partition coefficient (Wildman–Crippen LogP) is -3.21. The molecule has 0 unspecified atom stereocenters. The summed E-state index contributed by atoms with van der Waals surface area (Å²) in [6.07, 6.45) is 3.86. The van der Waals surface area contributed by atoms with Crippen molar-refractivity contribution < 1.29 is 77.3 Å². The molecule has 1 saturated carbocycles. The quantitative estimate of drug-likeness (QED) is 0.0211. The molecule has 0 radical (unpaired) electrons. The van der Waals surface area contributed by atoms with Gasteiger partial charge in [-0.15, -0.1) is 0 Å². The van der Waals surface area contributed by atoms with E-state index < -0.39 is 181 Å². The zero-order valence-electron chi connectivity index (χ0n) is 52.3. The lowest BCUT2D eigenvalue weighted by atomic mass is 9.84. The number of hydrogen-bond donors (Lipinski definition) is 18. The number of thiol groups is 1. The van der Waals surface area contributed by atoms with Gasteiger partial charge in [-0.25, -0.2) is 0 Å². The van der Waals surface area contributed by atoms with Crippen molar-refractivity contribution in [2.75, 3.05) is 25.4 Å². The number of rotatable bonds is 45. The van der Waals surface area contributed by atoms with Crippen LogP contribution in [0.1, 0.15) is 164 Å². The van der Waals surface area contributed by atoms with Crippen molar-refractivity contribution in [2.45, 2.75) is 224 Å². The molecule has 22 N–H and O–H groups in total. The van der Waals surface area contributed by atoms with Crippen molar-refractivity contribution in [1.29, 1.82) is 0 Å². The number of carboxylic acid groups (broad SMARTS) is 2. The normalized spacial score (nSPS) is 16.1. The molecule has 1 aliphatic carbocycles. The molecule has 32 heteroatoms. The fraction of sp³-hybridized carbons (Fsp3) is 0.754. The van der Waals surface area contributed by atoms with Gasteiger partial charge in [-0.2, -0.15) is 12.6 Å². The van der Waals surface area contributed by atoms with Crippen LogP contribution in [0.15, 0.2) is 0 Å². The van der Waals surface area contributed by atoms with E-state index in [0.717, 1.165) is 32.1 Å². The molecule has 0 saturated heterocycles. The van der Waals surface area contributed by atoms with Gasteiger partial charge in [0.1, 0.15) is 54.4 Å². The summed E-state index contributed by atoms with van der Waals surface area (Å²) in [6.45, 7) is 10.2. The van der Waals surface area contributed by atoms with Crippen molar-refractivity contribution in [3.8, 4) is 0 Å². The maximum atomic E-state index is 14.2. The largest absolute Gasteiger partial charge is 0.481 e. The lowest BCUT2D eigenvalue weighted by Gasteiger charge is -2.28. The van der Waals surface area contributed by atoms with Crippen molar-refractivity contribution in [1.82, 2.24) is 53.2 Å². The molecule has 31 nitrogen and oxygen atoms in total. The monoisotopic (exact) mass is 1280 g/mol. The Morgan fingerprint density at radius 3 is 1.31 bits per heavy atom. The minimum Gasteiger partial charge on any atom is -0.481 e. The van der Waals surface area contributed by atoms with Crippen LogP contribution in [-0.4, -0.2) is 179 Å². The van der Waals surface area contributed by atoms with Gasteiger partial charge in [0.25, 0.3) is 0 Å². The fourth-order valence-corrected chi connectivity index (χ4v) is 9.94. The van der Waals surface area contributed by atoms with Gasteiger partial charge in [-0.1, -0.05) is 80.1 Å². The molecule has 12 amide bonds. The Bertz CT molecular complexity index is 2380. The average Bonchev–Trinajstić information content (AvgIpc) is 3.50. The summed E-state index contributed by atoms with van der Waals surface area (Å²) in [7, 11) is 0. The molecular formula is C57H101N15O16S. The first-order chi connectivity index (χ1) is 41.9. The Labute approximate surface area is 525 Å². The highest BCUT2D eigenvalue weighted by molar-refractivity contribution is 7.80. The lowest BCUT2D eigenvalue weighted by molar-refractivity contribution is -0.141. The number of carboxylic acids is 2. The highest BCUT2D eigenvalue weighted by Gasteiger charge is 2.37. The maximum absolute atomic E-state index is 14.2. The van der Waals surface area contributed by atoms with E-state index in [9.17, 15) is 77.3 Å². The number of aliphatic carboxylic acids is 2. The van der Waals surface area contributed by atoms with E-state index in [1.165, 1.54) is 0 Å². The third kappa shape index (κ3) is 32.2. The Kier molecular flexibility index (Phi) is 38.3. The number of nitrogens with one attached hydrogen (secondary N) is 10. The molecule has 0 aromatic rings. The van der Waals surface area contributed by atoms with Gasteiger partial charge in [0.2, 0.25) is 70.9 Å². The van der Waals surface area contributed by atoms with E-state index in [1.54, 1.807) is 20.8 Å². The topological polar surface area (TPSA) is 530 Å². The zero-order valence-corrected chi connectivity index (χ0v) is 53.2. The SMILES string of the molecule is CC[C@H](C)[C@H](N)C(=O)N[C@@H](CCCCN)C(=O)N[C@@H](CCC(=O)O)C(=O)N[C@@H](CC(N)=O)C(=O)N[C@@H](CC(C)C)C(=O)N[C@@H](CCCCN)C(=O)N[C@@H](CC(=O)O)C(=O)N[C@@H](CS)C(=O)NCC(=O)N[C@@H](CC(C)C)C(=O)N[C@@H](CC1CCCCC1)C(N)=O. The molecule has 1 aliphatic rings. The van der Waals surface area contributed by atoms with Gasteiger partial charge in [0, 0.05) is 12.2 Å². The molecule has 89 heavy (non-hydrogen) atoms. The second-order valence-electron chi connectivity index (χ2n) is 23.6. The third-order valence-electron chi connectivity index (χ3n) is 14.9. The molecule has 506 valence electrons. The van der Waals surface area contributed by atoms with Crippen LogP contribution in [0.25, 0.3) is 0 Å². The summed E-state index contributed by atoms with van der Waals surface area (Å²) in [6, 6.07) is -14.4. The van der Waals surface area contributed by atoms with Crippen LogP contribution >= 0.6 is 12.6 Å². The summed E-state index contributed by atoms with van der Waals surface area (Å²) in [5, 5.41) is 43.9.